The number of allylic oxidation sites excluding steroid dienone is 2. The molecule has 6 N–H and O–H groups in total. The van der Waals surface area contributed by atoms with Crippen molar-refractivity contribution in [1.82, 2.24) is 29.9 Å². The summed E-state index contributed by atoms with van der Waals surface area (Å²) in [4.78, 5) is 24.5. The normalized spacial score (nSPS) is 13.1. The minimum absolute atomic E-state index is 0.0878. The number of aromatic amines is 1. The molecule has 140 valence electrons. The molecular weight excluding hydrogens is 350 g/mol. The highest BCUT2D eigenvalue weighted by atomic mass is 16.3. The number of aliphatic imine (C=N–C) groups is 1. The first-order valence-corrected chi connectivity index (χ1v) is 8.12. The number of nitrogens with one attached hydrogen (secondary N) is 1. The Balaban J connectivity index is 2.16. The van der Waals surface area contributed by atoms with Crippen molar-refractivity contribution in [2.24, 2.45) is 16.5 Å². The number of hydrogen-bond acceptors (Lipinski definition) is 8. The van der Waals surface area contributed by atoms with Crippen molar-refractivity contribution >= 4 is 22.5 Å². The van der Waals surface area contributed by atoms with Gasteiger partial charge in [-0.1, -0.05) is 0 Å². The quantitative estimate of drug-likeness (QED) is 0.374. The molecular formula is C16H19N9O2. The highest BCUT2D eigenvalue weighted by Crippen LogP contribution is 2.21. The van der Waals surface area contributed by atoms with E-state index in [1.54, 1.807) is 26.1 Å². The summed E-state index contributed by atoms with van der Waals surface area (Å²) >= 11 is 0. The molecule has 0 fully saturated rings. The van der Waals surface area contributed by atoms with Gasteiger partial charge in [-0.05, 0) is 26.8 Å². The standard InChI is InChI=1S/C16H19N9O2/c1-4-19-12(13(26)8(3)17)15-21-16(23-22-15)25-10-6-20-7(2)5-9(10)11(24-25)14(18)27/h5-6,26H,4,17H2,1-3H3,(H2,18,27)(H,21,22,23)/b13-8+,19-12?. The number of aryl methyl sites for hydroxylation is 1. The number of amides is 1. The molecule has 0 atom stereocenters. The number of H-pyrrole nitrogens is 1. The van der Waals surface area contributed by atoms with Gasteiger partial charge in [0.15, 0.2) is 17.3 Å². The lowest BCUT2D eigenvalue weighted by Crippen LogP contribution is -2.13. The van der Waals surface area contributed by atoms with Crippen LogP contribution in [0.25, 0.3) is 16.9 Å². The number of aliphatic hydroxyl groups excluding tert-OH is 1. The van der Waals surface area contributed by atoms with Crippen LogP contribution >= 0.6 is 0 Å². The smallest absolute Gasteiger partial charge is 0.270 e. The summed E-state index contributed by atoms with van der Waals surface area (Å²) in [6.45, 7) is 5.56. The predicted octanol–water partition coefficient (Wildman–Crippen LogP) is 0.503. The zero-order valence-corrected chi connectivity index (χ0v) is 15.1. The Morgan fingerprint density at radius 1 is 1.41 bits per heavy atom. The van der Waals surface area contributed by atoms with Gasteiger partial charge in [-0.15, -0.1) is 5.10 Å². The van der Waals surface area contributed by atoms with Crippen LogP contribution in [0.15, 0.2) is 28.7 Å². The number of nitrogens with zero attached hydrogens (tertiary/aromatic N) is 6. The Morgan fingerprint density at radius 2 is 2.15 bits per heavy atom. The second kappa shape index (κ2) is 6.86. The average molecular weight is 369 g/mol. The predicted molar refractivity (Wildman–Crippen MR) is 98.7 cm³/mol. The second-order valence-corrected chi connectivity index (χ2v) is 5.81. The number of pyridine rings is 1. The summed E-state index contributed by atoms with van der Waals surface area (Å²) in [5.74, 6) is -0.523. The van der Waals surface area contributed by atoms with Crippen molar-refractivity contribution in [3.8, 4) is 5.95 Å². The zero-order valence-electron chi connectivity index (χ0n) is 15.1. The summed E-state index contributed by atoms with van der Waals surface area (Å²) in [6.07, 6.45) is 1.56. The molecule has 0 saturated carbocycles. The Bertz CT molecular complexity index is 1090. The molecule has 3 rings (SSSR count). The van der Waals surface area contributed by atoms with Crippen LogP contribution in [-0.4, -0.2) is 53.2 Å². The summed E-state index contributed by atoms with van der Waals surface area (Å²) in [5, 5.41) is 21.7. The van der Waals surface area contributed by atoms with Crippen molar-refractivity contribution < 1.29 is 9.90 Å². The Morgan fingerprint density at radius 3 is 2.78 bits per heavy atom. The van der Waals surface area contributed by atoms with Crippen LogP contribution < -0.4 is 11.5 Å². The van der Waals surface area contributed by atoms with Crippen LogP contribution in [0.5, 0.6) is 0 Å². The van der Waals surface area contributed by atoms with Gasteiger partial charge in [0.1, 0.15) is 5.71 Å². The molecule has 27 heavy (non-hydrogen) atoms. The van der Waals surface area contributed by atoms with E-state index in [1.165, 1.54) is 4.68 Å². The third-order valence-electron chi connectivity index (χ3n) is 3.74. The highest BCUT2D eigenvalue weighted by molar-refractivity contribution is 6.09. The van der Waals surface area contributed by atoms with Gasteiger partial charge in [-0.3, -0.25) is 19.9 Å². The van der Waals surface area contributed by atoms with Gasteiger partial charge in [0.2, 0.25) is 0 Å². The maximum absolute atomic E-state index is 11.7. The van der Waals surface area contributed by atoms with Crippen LogP contribution in [0.1, 0.15) is 35.9 Å². The van der Waals surface area contributed by atoms with Crippen molar-refractivity contribution in [2.45, 2.75) is 20.8 Å². The molecule has 1 amide bonds. The summed E-state index contributed by atoms with van der Waals surface area (Å²) < 4.78 is 1.35. The molecule has 0 saturated heterocycles. The molecule has 0 bridgehead atoms. The van der Waals surface area contributed by atoms with Crippen LogP contribution in [0, 0.1) is 6.92 Å². The average Bonchev–Trinajstić information content (AvgIpc) is 3.23. The number of nitrogens with two attached hydrogens (primary N) is 2. The third kappa shape index (κ3) is 3.21. The lowest BCUT2D eigenvalue weighted by Gasteiger charge is -2.03. The Hall–Kier alpha value is -3.76. The first-order chi connectivity index (χ1) is 12.8. The fourth-order valence-corrected chi connectivity index (χ4v) is 2.51. The number of carbonyl (C=O) groups excluding carboxylic acids is 1. The molecule has 0 aliphatic carbocycles. The fraction of sp³-hybridized carbons (Fsp3) is 0.250. The number of carbonyl (C=O) groups is 1. The molecule has 0 aliphatic heterocycles. The molecule has 11 nitrogen and oxygen atoms in total. The minimum Gasteiger partial charge on any atom is -0.504 e. The summed E-state index contributed by atoms with van der Waals surface area (Å²) in [7, 11) is 0. The van der Waals surface area contributed by atoms with Gasteiger partial charge in [0, 0.05) is 23.3 Å². The molecule has 3 heterocycles. The molecule has 0 unspecified atom stereocenters. The van der Waals surface area contributed by atoms with Gasteiger partial charge < -0.3 is 16.6 Å². The lowest BCUT2D eigenvalue weighted by molar-refractivity contribution is 0.0996. The van der Waals surface area contributed by atoms with E-state index < -0.39 is 5.91 Å². The van der Waals surface area contributed by atoms with Crippen molar-refractivity contribution in [3.05, 3.63) is 40.9 Å². The molecule has 11 heteroatoms. The number of aliphatic hydroxyl groups is 1. The fourth-order valence-electron chi connectivity index (χ4n) is 2.51. The first kappa shape index (κ1) is 18.0. The van der Waals surface area contributed by atoms with Crippen molar-refractivity contribution in [3.63, 3.8) is 0 Å². The highest BCUT2D eigenvalue weighted by Gasteiger charge is 2.21. The van der Waals surface area contributed by atoms with Gasteiger partial charge in [-0.25, -0.2) is 0 Å². The number of primary amides is 1. The molecule has 0 radical (unpaired) electrons. The van der Waals surface area contributed by atoms with E-state index in [1.807, 2.05) is 6.92 Å². The molecule has 0 aromatic carbocycles. The number of rotatable bonds is 5. The molecule has 3 aromatic rings. The van der Waals surface area contributed by atoms with E-state index in [2.05, 4.69) is 30.3 Å². The van der Waals surface area contributed by atoms with Gasteiger partial charge in [0.05, 0.1) is 11.7 Å². The number of fused-ring (bicyclic) bond motifs is 1. The first-order valence-electron chi connectivity index (χ1n) is 8.12. The topological polar surface area (TPSA) is 174 Å². The van der Waals surface area contributed by atoms with Crippen molar-refractivity contribution in [1.29, 1.82) is 0 Å². The summed E-state index contributed by atoms with van der Waals surface area (Å²) in [5.41, 5.74) is 12.8. The van der Waals surface area contributed by atoms with E-state index in [4.69, 9.17) is 11.5 Å². The second-order valence-electron chi connectivity index (χ2n) is 5.81. The largest absolute Gasteiger partial charge is 0.504 e. The van der Waals surface area contributed by atoms with Crippen molar-refractivity contribution in [2.75, 3.05) is 6.54 Å². The minimum atomic E-state index is -0.673. The monoisotopic (exact) mass is 369 g/mol. The Labute approximate surface area is 153 Å². The zero-order chi connectivity index (χ0) is 19.7. The number of hydrogen-bond donors (Lipinski definition) is 4. The lowest BCUT2D eigenvalue weighted by atomic mass is 10.2. The van der Waals surface area contributed by atoms with E-state index in [9.17, 15) is 9.90 Å². The van der Waals surface area contributed by atoms with Gasteiger partial charge in [0.25, 0.3) is 11.9 Å². The third-order valence-corrected chi connectivity index (χ3v) is 3.74. The van der Waals surface area contributed by atoms with E-state index in [-0.39, 0.29) is 34.6 Å². The van der Waals surface area contributed by atoms with Crippen LogP contribution in [0.3, 0.4) is 0 Å². The molecule has 3 aromatic heterocycles. The maximum atomic E-state index is 11.7. The number of aromatic nitrogens is 6. The Kier molecular flexibility index (Phi) is 4.59. The SMILES string of the molecule is CCN=C(/C(O)=C(/C)N)c1nc(-n2nc(C(N)=O)c3cc(C)ncc32)n[nH]1. The van der Waals surface area contributed by atoms with Crippen LogP contribution in [0.2, 0.25) is 0 Å². The van der Waals surface area contributed by atoms with E-state index in [0.717, 1.165) is 0 Å². The summed E-state index contributed by atoms with van der Waals surface area (Å²) in [6, 6.07) is 1.71. The van der Waals surface area contributed by atoms with Gasteiger partial charge >= 0.3 is 0 Å². The van der Waals surface area contributed by atoms with E-state index >= 15 is 0 Å². The molecule has 0 spiro atoms. The molecule has 0 aliphatic rings. The van der Waals surface area contributed by atoms with E-state index in [0.29, 0.717) is 23.1 Å². The van der Waals surface area contributed by atoms with Gasteiger partial charge in [-0.2, -0.15) is 14.8 Å². The van der Waals surface area contributed by atoms with Crippen LogP contribution in [-0.2, 0) is 0 Å². The maximum Gasteiger partial charge on any atom is 0.270 e. The van der Waals surface area contributed by atoms with Crippen LogP contribution in [0.4, 0.5) is 0 Å².